The van der Waals surface area contributed by atoms with Gasteiger partial charge in [0, 0.05) is 38.8 Å². The van der Waals surface area contributed by atoms with Gasteiger partial charge in [-0.2, -0.15) is 10.2 Å². The van der Waals surface area contributed by atoms with Gasteiger partial charge in [-0.3, -0.25) is 4.79 Å². The molecule has 1 N–H and O–H groups in total. The number of carbonyl (C=O) groups is 1. The lowest BCUT2D eigenvalue weighted by Gasteiger charge is -2.28. The lowest BCUT2D eigenvalue weighted by atomic mass is 10.1. The SMILES string of the molecule is CCO[Si](CCCCCCCCCCCNC(=O)CCCCCCCCCCOc1ccc(N=Nc2ccccc2)cc1)(OCC)OCC. The Morgan fingerprint density at radius 3 is 1.59 bits per heavy atom. The number of azo groups is 1. The van der Waals surface area contributed by atoms with E-state index >= 15 is 0 Å². The van der Waals surface area contributed by atoms with Gasteiger partial charge in [0.1, 0.15) is 5.75 Å². The van der Waals surface area contributed by atoms with Crippen LogP contribution in [0.5, 0.6) is 5.75 Å². The Labute approximate surface area is 299 Å². The van der Waals surface area contributed by atoms with E-state index in [-0.39, 0.29) is 5.91 Å². The summed E-state index contributed by atoms with van der Waals surface area (Å²) < 4.78 is 23.7. The second kappa shape index (κ2) is 29.2. The first kappa shape index (κ1) is 42.6. The van der Waals surface area contributed by atoms with Gasteiger partial charge < -0.3 is 23.3 Å². The van der Waals surface area contributed by atoms with Gasteiger partial charge in [0.25, 0.3) is 0 Å². The number of unbranched alkanes of at least 4 members (excludes halogenated alkanes) is 15. The highest BCUT2D eigenvalue weighted by atomic mass is 28.4. The minimum absolute atomic E-state index is 0.219. The molecule has 2 aromatic rings. The molecule has 8 nitrogen and oxygen atoms in total. The topological polar surface area (TPSA) is 90.7 Å². The summed E-state index contributed by atoms with van der Waals surface area (Å²) >= 11 is 0. The Balaban J connectivity index is 1.31. The summed E-state index contributed by atoms with van der Waals surface area (Å²) in [6.45, 7) is 9.57. The first-order valence-electron chi connectivity index (χ1n) is 19.5. The zero-order valence-electron chi connectivity index (χ0n) is 31.1. The fraction of sp³-hybridized carbons (Fsp3) is 0.675. The van der Waals surface area contributed by atoms with Crippen LogP contribution in [0, 0.1) is 0 Å². The molecule has 1 amide bonds. The van der Waals surface area contributed by atoms with Gasteiger partial charge in [0.2, 0.25) is 5.91 Å². The van der Waals surface area contributed by atoms with Crippen LogP contribution in [0.2, 0.25) is 6.04 Å². The maximum Gasteiger partial charge on any atom is 0.500 e. The van der Waals surface area contributed by atoms with Crippen LogP contribution >= 0.6 is 0 Å². The van der Waals surface area contributed by atoms with Crippen molar-refractivity contribution >= 4 is 26.1 Å². The van der Waals surface area contributed by atoms with Crippen molar-refractivity contribution < 1.29 is 22.8 Å². The minimum atomic E-state index is -2.47. The second-order valence-electron chi connectivity index (χ2n) is 12.7. The number of nitrogens with one attached hydrogen (secondary N) is 1. The monoisotopic (exact) mass is 697 g/mol. The zero-order valence-corrected chi connectivity index (χ0v) is 32.1. The molecular weight excluding hydrogens is 631 g/mol. The molecule has 0 aliphatic carbocycles. The number of nitrogens with zero attached hydrogens (tertiary/aromatic N) is 2. The molecule has 0 spiro atoms. The molecule has 0 unspecified atom stereocenters. The van der Waals surface area contributed by atoms with E-state index in [4.69, 9.17) is 18.0 Å². The van der Waals surface area contributed by atoms with Gasteiger partial charge in [-0.15, -0.1) is 0 Å². The Morgan fingerprint density at radius 1 is 0.571 bits per heavy atom. The highest BCUT2D eigenvalue weighted by Gasteiger charge is 2.39. The fourth-order valence-corrected chi connectivity index (χ4v) is 8.56. The van der Waals surface area contributed by atoms with Gasteiger partial charge >= 0.3 is 8.80 Å². The summed E-state index contributed by atoms with van der Waals surface area (Å²) in [5, 5.41) is 11.6. The summed E-state index contributed by atoms with van der Waals surface area (Å²) in [7, 11) is -2.47. The lowest BCUT2D eigenvalue weighted by molar-refractivity contribution is -0.121. The van der Waals surface area contributed by atoms with Crippen molar-refractivity contribution in [3.63, 3.8) is 0 Å². The quantitative estimate of drug-likeness (QED) is 0.0467. The molecule has 0 radical (unpaired) electrons. The van der Waals surface area contributed by atoms with Crippen molar-refractivity contribution in [2.24, 2.45) is 10.2 Å². The predicted molar refractivity (Wildman–Crippen MR) is 204 cm³/mol. The highest BCUT2D eigenvalue weighted by Crippen LogP contribution is 2.22. The molecule has 9 heteroatoms. The smallest absolute Gasteiger partial charge is 0.494 e. The van der Waals surface area contributed by atoms with Crippen molar-refractivity contribution in [1.82, 2.24) is 5.32 Å². The normalized spacial score (nSPS) is 11.7. The standard InChI is InChI=1S/C40H67N3O5Si/c1-4-46-49(47-5-2,48-6-3)36-26-19-15-11-7-9-13-17-24-34-41-40(44)29-23-16-12-8-10-14-18-25-35-45-39-32-30-38(31-33-39)43-42-37-27-21-20-22-28-37/h20-22,27-28,30-33H,4-19,23-26,29,34-36H2,1-3H3,(H,41,44). The molecular formula is C40H67N3O5Si. The van der Waals surface area contributed by atoms with Crippen LogP contribution in [-0.2, 0) is 18.1 Å². The summed E-state index contributed by atoms with van der Waals surface area (Å²) in [4.78, 5) is 12.2. The van der Waals surface area contributed by atoms with Crippen molar-refractivity contribution in [3.8, 4) is 5.75 Å². The molecule has 49 heavy (non-hydrogen) atoms. The number of benzene rings is 2. The Kier molecular flexibility index (Phi) is 25.3. The first-order chi connectivity index (χ1) is 24.1. The van der Waals surface area contributed by atoms with Crippen molar-refractivity contribution in [1.29, 1.82) is 0 Å². The van der Waals surface area contributed by atoms with Crippen LogP contribution in [0.3, 0.4) is 0 Å². The molecule has 276 valence electrons. The molecule has 0 aliphatic rings. The summed E-state index contributed by atoms with van der Waals surface area (Å²) in [6, 6.07) is 18.4. The second-order valence-corrected chi connectivity index (χ2v) is 15.5. The van der Waals surface area contributed by atoms with E-state index in [0.29, 0.717) is 26.2 Å². The third-order valence-electron chi connectivity index (χ3n) is 8.52. The van der Waals surface area contributed by atoms with E-state index in [0.717, 1.165) is 68.4 Å². The van der Waals surface area contributed by atoms with Crippen LogP contribution in [0.25, 0.3) is 0 Å². The maximum atomic E-state index is 12.2. The van der Waals surface area contributed by atoms with Gasteiger partial charge in [0.15, 0.2) is 0 Å². The number of hydrogen-bond acceptors (Lipinski definition) is 7. The molecule has 0 atom stereocenters. The number of hydrogen-bond donors (Lipinski definition) is 1. The van der Waals surface area contributed by atoms with E-state index in [1.807, 2.05) is 75.4 Å². The molecule has 0 fully saturated rings. The van der Waals surface area contributed by atoms with Crippen LogP contribution in [0.15, 0.2) is 64.8 Å². The van der Waals surface area contributed by atoms with Crippen LogP contribution in [0.4, 0.5) is 11.4 Å². The molecule has 0 aromatic heterocycles. The Morgan fingerprint density at radius 2 is 1.04 bits per heavy atom. The molecule has 2 aromatic carbocycles. The summed E-state index contributed by atoms with van der Waals surface area (Å²) in [5.41, 5.74) is 1.66. The molecule has 0 aliphatic heterocycles. The molecule has 0 bridgehead atoms. The van der Waals surface area contributed by atoms with Gasteiger partial charge in [0.05, 0.1) is 18.0 Å². The predicted octanol–water partition coefficient (Wildman–Crippen LogP) is 11.7. The Hall–Kier alpha value is -2.59. The van der Waals surface area contributed by atoms with Crippen LogP contribution in [-0.4, -0.2) is 47.7 Å². The fourth-order valence-electron chi connectivity index (χ4n) is 5.88. The van der Waals surface area contributed by atoms with Crippen molar-refractivity contribution in [2.75, 3.05) is 33.0 Å². The molecule has 0 saturated heterocycles. The molecule has 0 heterocycles. The average molecular weight is 698 g/mol. The number of amides is 1. The first-order valence-corrected chi connectivity index (χ1v) is 21.4. The number of ether oxygens (including phenoxy) is 1. The van der Waals surface area contributed by atoms with Crippen molar-refractivity contribution in [2.45, 2.75) is 142 Å². The number of rotatable bonds is 32. The third-order valence-corrected chi connectivity index (χ3v) is 11.7. The lowest BCUT2D eigenvalue weighted by Crippen LogP contribution is -2.45. The minimum Gasteiger partial charge on any atom is -0.494 e. The zero-order chi connectivity index (χ0) is 35.1. The van der Waals surface area contributed by atoms with Crippen molar-refractivity contribution in [3.05, 3.63) is 54.6 Å². The largest absolute Gasteiger partial charge is 0.500 e. The summed E-state index contributed by atoms with van der Waals surface area (Å²) in [5.74, 6) is 1.09. The van der Waals surface area contributed by atoms with E-state index in [1.54, 1.807) is 0 Å². The van der Waals surface area contributed by atoms with E-state index in [9.17, 15) is 4.79 Å². The van der Waals surface area contributed by atoms with E-state index in [1.165, 1.54) is 77.0 Å². The van der Waals surface area contributed by atoms with E-state index < -0.39 is 8.80 Å². The highest BCUT2D eigenvalue weighted by molar-refractivity contribution is 6.60. The third kappa shape index (κ3) is 22.0. The van der Waals surface area contributed by atoms with Gasteiger partial charge in [-0.1, -0.05) is 102 Å². The van der Waals surface area contributed by atoms with E-state index in [2.05, 4.69) is 15.5 Å². The molecule has 2 rings (SSSR count). The van der Waals surface area contributed by atoms with Crippen LogP contribution in [0.1, 0.15) is 136 Å². The van der Waals surface area contributed by atoms with Gasteiger partial charge in [-0.25, -0.2) is 0 Å². The van der Waals surface area contributed by atoms with Gasteiger partial charge in [-0.05, 0) is 82.9 Å². The average Bonchev–Trinajstić information content (AvgIpc) is 3.11. The van der Waals surface area contributed by atoms with Crippen LogP contribution < -0.4 is 10.1 Å². The number of carbonyl (C=O) groups excluding carboxylic acids is 1. The molecule has 0 saturated carbocycles. The maximum absolute atomic E-state index is 12.2. The Bertz CT molecular complexity index is 1070. The summed E-state index contributed by atoms with van der Waals surface area (Å²) in [6.07, 6.45) is 21.1.